The number of aromatic nitrogens is 1. The zero-order valence-corrected chi connectivity index (χ0v) is 13.0. The SMILES string of the molecule is CC(C)c1ccc(Cn2ccc3cc(C(=N)N)ccc32)cc1. The third kappa shape index (κ3) is 2.75. The first-order chi connectivity index (χ1) is 10.5. The van der Waals surface area contributed by atoms with Gasteiger partial charge in [0.05, 0.1) is 0 Å². The van der Waals surface area contributed by atoms with E-state index >= 15 is 0 Å². The monoisotopic (exact) mass is 291 g/mol. The first-order valence-electron chi connectivity index (χ1n) is 7.57. The molecule has 112 valence electrons. The Balaban J connectivity index is 1.89. The Morgan fingerprint density at radius 2 is 1.82 bits per heavy atom. The molecule has 0 bridgehead atoms. The Kier molecular flexibility index (Phi) is 3.72. The van der Waals surface area contributed by atoms with Crippen molar-refractivity contribution in [2.24, 2.45) is 5.73 Å². The lowest BCUT2D eigenvalue weighted by atomic mass is 10.0. The maximum absolute atomic E-state index is 7.52. The molecule has 0 aliphatic rings. The number of rotatable bonds is 4. The molecular weight excluding hydrogens is 270 g/mol. The predicted molar refractivity (Wildman–Crippen MR) is 92.6 cm³/mol. The van der Waals surface area contributed by atoms with Gasteiger partial charge in [0.25, 0.3) is 0 Å². The van der Waals surface area contributed by atoms with Gasteiger partial charge in [-0.2, -0.15) is 0 Å². The molecule has 0 fully saturated rings. The molecule has 2 aromatic carbocycles. The molecule has 22 heavy (non-hydrogen) atoms. The number of hydrogen-bond acceptors (Lipinski definition) is 1. The van der Waals surface area contributed by atoms with Crippen molar-refractivity contribution in [3.63, 3.8) is 0 Å². The number of benzene rings is 2. The molecule has 0 spiro atoms. The van der Waals surface area contributed by atoms with Gasteiger partial charge in [0.15, 0.2) is 0 Å². The lowest BCUT2D eigenvalue weighted by Gasteiger charge is -2.09. The highest BCUT2D eigenvalue weighted by Crippen LogP contribution is 2.20. The first-order valence-corrected chi connectivity index (χ1v) is 7.57. The number of amidine groups is 1. The maximum atomic E-state index is 7.52. The van der Waals surface area contributed by atoms with Crippen LogP contribution in [-0.2, 0) is 6.54 Å². The summed E-state index contributed by atoms with van der Waals surface area (Å²) in [6.45, 7) is 5.27. The minimum absolute atomic E-state index is 0.110. The van der Waals surface area contributed by atoms with Gasteiger partial charge in [-0.05, 0) is 41.3 Å². The summed E-state index contributed by atoms with van der Waals surface area (Å²) in [6.07, 6.45) is 2.09. The highest BCUT2D eigenvalue weighted by atomic mass is 14.9. The molecule has 0 saturated heterocycles. The largest absolute Gasteiger partial charge is 0.384 e. The minimum Gasteiger partial charge on any atom is -0.384 e. The first kappa shape index (κ1) is 14.4. The van der Waals surface area contributed by atoms with Gasteiger partial charge in [0, 0.05) is 29.2 Å². The molecule has 0 unspecified atom stereocenters. The number of nitrogens with one attached hydrogen (secondary N) is 1. The average Bonchev–Trinajstić information content (AvgIpc) is 2.90. The molecule has 3 heteroatoms. The second kappa shape index (κ2) is 5.68. The van der Waals surface area contributed by atoms with E-state index in [0.717, 1.165) is 23.0 Å². The molecule has 0 amide bonds. The van der Waals surface area contributed by atoms with Crippen molar-refractivity contribution < 1.29 is 0 Å². The fourth-order valence-corrected chi connectivity index (χ4v) is 2.71. The summed E-state index contributed by atoms with van der Waals surface area (Å²) < 4.78 is 2.23. The number of nitrogens with two attached hydrogens (primary N) is 1. The normalized spacial score (nSPS) is 11.2. The molecule has 0 aliphatic carbocycles. The molecule has 3 N–H and O–H groups in total. The Hall–Kier alpha value is -2.55. The maximum Gasteiger partial charge on any atom is 0.122 e. The Morgan fingerprint density at radius 1 is 1.09 bits per heavy atom. The minimum atomic E-state index is 0.110. The smallest absolute Gasteiger partial charge is 0.122 e. The highest BCUT2D eigenvalue weighted by Gasteiger charge is 2.05. The molecule has 1 heterocycles. The van der Waals surface area contributed by atoms with Crippen molar-refractivity contribution in [2.75, 3.05) is 0 Å². The summed E-state index contributed by atoms with van der Waals surface area (Å²) in [4.78, 5) is 0. The summed E-state index contributed by atoms with van der Waals surface area (Å²) >= 11 is 0. The Morgan fingerprint density at radius 3 is 2.45 bits per heavy atom. The van der Waals surface area contributed by atoms with E-state index in [0.29, 0.717) is 5.92 Å². The highest BCUT2D eigenvalue weighted by molar-refractivity contribution is 5.98. The van der Waals surface area contributed by atoms with Crippen LogP contribution in [0.5, 0.6) is 0 Å². The molecule has 3 aromatic rings. The number of nitrogen functional groups attached to an aromatic ring is 1. The van der Waals surface area contributed by atoms with E-state index in [1.807, 2.05) is 18.2 Å². The summed E-state index contributed by atoms with van der Waals surface area (Å²) in [5.41, 5.74) is 10.1. The van der Waals surface area contributed by atoms with Crippen LogP contribution in [0.2, 0.25) is 0 Å². The zero-order valence-electron chi connectivity index (χ0n) is 13.0. The van der Waals surface area contributed by atoms with E-state index in [1.165, 1.54) is 11.1 Å². The van der Waals surface area contributed by atoms with Gasteiger partial charge < -0.3 is 10.3 Å². The van der Waals surface area contributed by atoms with Gasteiger partial charge in [-0.3, -0.25) is 5.41 Å². The second-order valence-electron chi connectivity index (χ2n) is 6.03. The summed E-state index contributed by atoms with van der Waals surface area (Å²) in [5, 5.41) is 8.64. The fourth-order valence-electron chi connectivity index (χ4n) is 2.71. The Labute approximate surface area is 130 Å². The van der Waals surface area contributed by atoms with E-state index in [4.69, 9.17) is 11.1 Å². The van der Waals surface area contributed by atoms with Gasteiger partial charge >= 0.3 is 0 Å². The van der Waals surface area contributed by atoms with Crippen LogP contribution in [0.4, 0.5) is 0 Å². The van der Waals surface area contributed by atoms with E-state index in [9.17, 15) is 0 Å². The lowest BCUT2D eigenvalue weighted by Crippen LogP contribution is -2.10. The van der Waals surface area contributed by atoms with Crippen molar-refractivity contribution in [2.45, 2.75) is 26.3 Å². The summed E-state index contributed by atoms with van der Waals surface area (Å²) in [5.74, 6) is 0.672. The van der Waals surface area contributed by atoms with Crippen LogP contribution >= 0.6 is 0 Å². The van der Waals surface area contributed by atoms with Crippen molar-refractivity contribution in [3.8, 4) is 0 Å². The lowest BCUT2D eigenvalue weighted by molar-refractivity contribution is 0.829. The summed E-state index contributed by atoms with van der Waals surface area (Å²) in [6, 6.07) is 16.8. The van der Waals surface area contributed by atoms with E-state index in [-0.39, 0.29) is 5.84 Å². The molecule has 0 radical (unpaired) electrons. The van der Waals surface area contributed by atoms with E-state index in [2.05, 4.69) is 54.9 Å². The molecule has 3 nitrogen and oxygen atoms in total. The van der Waals surface area contributed by atoms with E-state index in [1.54, 1.807) is 0 Å². The molecule has 3 rings (SSSR count). The topological polar surface area (TPSA) is 54.8 Å². The number of hydrogen-bond donors (Lipinski definition) is 2. The van der Waals surface area contributed by atoms with Crippen molar-refractivity contribution in [1.82, 2.24) is 4.57 Å². The molecular formula is C19H21N3. The Bertz CT molecular complexity index is 810. The van der Waals surface area contributed by atoms with Crippen LogP contribution in [0.1, 0.15) is 36.5 Å². The van der Waals surface area contributed by atoms with Gasteiger partial charge in [0.2, 0.25) is 0 Å². The van der Waals surface area contributed by atoms with Crippen molar-refractivity contribution in [3.05, 3.63) is 71.4 Å². The van der Waals surface area contributed by atoms with Gasteiger partial charge in [-0.25, -0.2) is 0 Å². The molecule has 0 aliphatic heterocycles. The summed E-state index contributed by atoms with van der Waals surface area (Å²) in [7, 11) is 0. The molecule has 1 aromatic heterocycles. The van der Waals surface area contributed by atoms with Crippen LogP contribution in [-0.4, -0.2) is 10.4 Å². The van der Waals surface area contributed by atoms with Crippen LogP contribution in [0.25, 0.3) is 10.9 Å². The van der Waals surface area contributed by atoms with E-state index < -0.39 is 0 Å². The quantitative estimate of drug-likeness (QED) is 0.552. The van der Waals surface area contributed by atoms with Crippen LogP contribution in [0, 0.1) is 5.41 Å². The third-order valence-corrected chi connectivity index (χ3v) is 4.08. The standard InChI is InChI=1S/C19H21N3/c1-13(2)15-5-3-14(4-6-15)12-22-10-9-16-11-17(19(20)21)7-8-18(16)22/h3-11,13H,12H2,1-2H3,(H3,20,21). The number of nitrogens with zero attached hydrogens (tertiary/aromatic N) is 1. The van der Waals surface area contributed by atoms with Crippen LogP contribution in [0.3, 0.4) is 0 Å². The number of fused-ring (bicyclic) bond motifs is 1. The predicted octanol–water partition coefficient (Wildman–Crippen LogP) is 4.10. The third-order valence-electron chi connectivity index (χ3n) is 4.08. The van der Waals surface area contributed by atoms with Crippen LogP contribution < -0.4 is 5.73 Å². The van der Waals surface area contributed by atoms with Gasteiger partial charge in [-0.1, -0.05) is 38.1 Å². The fraction of sp³-hybridized carbons (Fsp3) is 0.211. The van der Waals surface area contributed by atoms with Gasteiger partial charge in [0.1, 0.15) is 5.84 Å². The molecule has 0 atom stereocenters. The van der Waals surface area contributed by atoms with Crippen molar-refractivity contribution in [1.29, 1.82) is 5.41 Å². The molecule has 0 saturated carbocycles. The second-order valence-corrected chi connectivity index (χ2v) is 6.03. The average molecular weight is 291 g/mol. The van der Waals surface area contributed by atoms with Crippen LogP contribution in [0.15, 0.2) is 54.7 Å². The van der Waals surface area contributed by atoms with Crippen molar-refractivity contribution >= 4 is 16.7 Å². The zero-order chi connectivity index (χ0) is 15.7. The van der Waals surface area contributed by atoms with Gasteiger partial charge in [-0.15, -0.1) is 0 Å².